The van der Waals surface area contributed by atoms with Crippen LogP contribution in [-0.2, 0) is 14.4 Å². The van der Waals surface area contributed by atoms with Gasteiger partial charge in [0, 0.05) is 12.8 Å². The van der Waals surface area contributed by atoms with Gasteiger partial charge < -0.3 is 5.32 Å². The normalized spacial score (nSPS) is 10.7. The number of carbonyl (C=O) groups excluding carboxylic acids is 3. The van der Waals surface area contributed by atoms with Crippen molar-refractivity contribution in [2.24, 2.45) is 11.8 Å². The summed E-state index contributed by atoms with van der Waals surface area (Å²) < 4.78 is 0. The molecule has 0 bridgehead atoms. The van der Waals surface area contributed by atoms with Crippen LogP contribution < -0.4 is 5.32 Å². The number of thioether (sulfide) groups is 1. The van der Waals surface area contributed by atoms with Crippen molar-refractivity contribution < 1.29 is 14.4 Å². The van der Waals surface area contributed by atoms with Gasteiger partial charge in [0.05, 0.1) is 6.04 Å². The van der Waals surface area contributed by atoms with E-state index in [1.807, 2.05) is 74.8 Å². The molecule has 160 valence electrons. The van der Waals surface area contributed by atoms with Gasteiger partial charge in [0.2, 0.25) is 11.7 Å². The first-order valence-electron chi connectivity index (χ1n) is 9.96. The molecule has 0 heterocycles. The van der Waals surface area contributed by atoms with Crippen LogP contribution in [0.1, 0.15) is 89.0 Å². The van der Waals surface area contributed by atoms with Crippen LogP contribution in [0.2, 0.25) is 0 Å². The molecule has 0 radical (unpaired) electrons. The second kappa shape index (κ2) is 28.9. The Balaban J connectivity index is -0.000000139. The predicted molar refractivity (Wildman–Crippen MR) is 120 cm³/mol. The molecular weight excluding hydrogens is 346 g/mol. The Bertz CT molecular complexity index is 318. The molecule has 0 aromatic carbocycles. The Kier molecular flexibility index (Phi) is 40.2. The minimum Gasteiger partial charge on any atom is -0.346 e. The highest BCUT2D eigenvalue weighted by atomic mass is 32.2. The highest BCUT2D eigenvalue weighted by Gasteiger charge is 2.24. The van der Waals surface area contributed by atoms with Gasteiger partial charge in [0.25, 0.3) is 0 Å². The molecule has 0 aliphatic heterocycles. The summed E-state index contributed by atoms with van der Waals surface area (Å²) in [5.41, 5.74) is 0. The molecule has 1 amide bonds. The molecule has 0 saturated heterocycles. The average Bonchev–Trinajstić information content (AvgIpc) is 2.63. The van der Waals surface area contributed by atoms with E-state index in [1.54, 1.807) is 18.7 Å². The standard InChI is InChI=1S/C13H23NO3.C2H6S.3C2H6/c1-6-11(12(16)10(5)15)14-13(17)9(4)7-8(2)3;1-3-2;3*1-2/h8-9,11H,6-7H2,1-5H3,(H,14,17);1-2H3;3*1-2H3/t9-,11?;;;;/m0..../s1. The Morgan fingerprint density at radius 2 is 1.23 bits per heavy atom. The third-order valence-corrected chi connectivity index (χ3v) is 2.66. The number of amides is 1. The zero-order valence-corrected chi connectivity index (χ0v) is 20.6. The van der Waals surface area contributed by atoms with Crippen LogP contribution in [0, 0.1) is 11.8 Å². The summed E-state index contributed by atoms with van der Waals surface area (Å²) in [5, 5.41) is 2.64. The Morgan fingerprint density at radius 3 is 1.46 bits per heavy atom. The van der Waals surface area contributed by atoms with Gasteiger partial charge in [-0.2, -0.15) is 11.8 Å². The molecule has 5 heteroatoms. The number of hydrogen-bond donors (Lipinski definition) is 1. The quantitative estimate of drug-likeness (QED) is 0.557. The van der Waals surface area contributed by atoms with Crippen LogP contribution in [0.25, 0.3) is 0 Å². The van der Waals surface area contributed by atoms with E-state index in [0.717, 1.165) is 6.42 Å². The predicted octanol–water partition coefficient (Wildman–Crippen LogP) is 5.78. The summed E-state index contributed by atoms with van der Waals surface area (Å²) in [7, 11) is 0. The van der Waals surface area contributed by atoms with Crippen molar-refractivity contribution in [3.63, 3.8) is 0 Å². The van der Waals surface area contributed by atoms with E-state index in [4.69, 9.17) is 0 Å². The van der Waals surface area contributed by atoms with Crippen LogP contribution in [0.3, 0.4) is 0 Å². The first-order chi connectivity index (χ1) is 12.2. The highest BCUT2D eigenvalue weighted by Crippen LogP contribution is 2.11. The van der Waals surface area contributed by atoms with Gasteiger partial charge in [-0.25, -0.2) is 0 Å². The zero-order valence-electron chi connectivity index (χ0n) is 19.8. The Hall–Kier alpha value is -0.840. The van der Waals surface area contributed by atoms with Crippen LogP contribution in [0.5, 0.6) is 0 Å². The lowest BCUT2D eigenvalue weighted by molar-refractivity contribution is -0.138. The largest absolute Gasteiger partial charge is 0.346 e. The molecular formula is C21H47NO3S. The Morgan fingerprint density at radius 1 is 0.885 bits per heavy atom. The van der Waals surface area contributed by atoms with Gasteiger partial charge in [0.1, 0.15) is 0 Å². The van der Waals surface area contributed by atoms with Crippen LogP contribution in [0.4, 0.5) is 0 Å². The zero-order chi connectivity index (χ0) is 22.3. The van der Waals surface area contributed by atoms with Crippen LogP contribution in [-0.4, -0.2) is 36.0 Å². The Labute approximate surface area is 168 Å². The second-order valence-corrected chi connectivity index (χ2v) is 6.15. The maximum Gasteiger partial charge on any atom is 0.223 e. The fourth-order valence-electron chi connectivity index (χ4n) is 1.73. The number of hydrogen-bond acceptors (Lipinski definition) is 4. The number of Topliss-reactive ketones (excluding diaryl/α,β-unsaturated/α-hetero) is 2. The minimum atomic E-state index is -0.672. The smallest absolute Gasteiger partial charge is 0.223 e. The molecule has 0 aliphatic rings. The second-order valence-electron chi connectivity index (χ2n) is 5.33. The van der Waals surface area contributed by atoms with E-state index in [-0.39, 0.29) is 11.8 Å². The molecule has 0 aromatic rings. The number of carbonyl (C=O) groups is 3. The monoisotopic (exact) mass is 393 g/mol. The highest BCUT2D eigenvalue weighted by molar-refractivity contribution is 7.97. The molecule has 1 unspecified atom stereocenters. The number of nitrogens with one attached hydrogen (secondary N) is 1. The lowest BCUT2D eigenvalue weighted by Gasteiger charge is -2.19. The van der Waals surface area contributed by atoms with E-state index in [0.29, 0.717) is 12.3 Å². The third kappa shape index (κ3) is 25.4. The lowest BCUT2D eigenvalue weighted by atomic mass is 9.97. The van der Waals surface area contributed by atoms with Crippen molar-refractivity contribution >= 4 is 29.2 Å². The average molecular weight is 394 g/mol. The first kappa shape index (κ1) is 36.1. The van der Waals surface area contributed by atoms with Crippen molar-refractivity contribution in [2.75, 3.05) is 12.5 Å². The fourth-order valence-corrected chi connectivity index (χ4v) is 1.73. The maximum absolute atomic E-state index is 11.8. The van der Waals surface area contributed by atoms with Crippen LogP contribution >= 0.6 is 11.8 Å². The first-order valence-corrected chi connectivity index (χ1v) is 11.6. The molecule has 0 aliphatic carbocycles. The topological polar surface area (TPSA) is 63.2 Å². The van der Waals surface area contributed by atoms with E-state index in [2.05, 4.69) is 5.32 Å². The summed E-state index contributed by atoms with van der Waals surface area (Å²) in [6.45, 7) is 20.9. The number of rotatable bonds is 7. The van der Waals surface area contributed by atoms with Crippen LogP contribution in [0.15, 0.2) is 0 Å². The van der Waals surface area contributed by atoms with Gasteiger partial charge in [-0.05, 0) is 31.3 Å². The van der Waals surface area contributed by atoms with Gasteiger partial charge in [-0.1, -0.05) is 69.2 Å². The molecule has 1 N–H and O–H groups in total. The third-order valence-electron chi connectivity index (χ3n) is 2.66. The van der Waals surface area contributed by atoms with E-state index in [9.17, 15) is 14.4 Å². The van der Waals surface area contributed by atoms with Crippen molar-refractivity contribution in [3.05, 3.63) is 0 Å². The fraction of sp³-hybridized carbons (Fsp3) is 0.857. The molecule has 0 saturated carbocycles. The minimum absolute atomic E-state index is 0.135. The lowest BCUT2D eigenvalue weighted by Crippen LogP contribution is -2.45. The molecule has 4 nitrogen and oxygen atoms in total. The molecule has 26 heavy (non-hydrogen) atoms. The van der Waals surface area contributed by atoms with E-state index in [1.165, 1.54) is 6.92 Å². The molecule has 0 rings (SSSR count). The van der Waals surface area contributed by atoms with Crippen molar-refractivity contribution in [3.8, 4) is 0 Å². The SMILES string of the molecule is CC.CC.CC.CCC(NC(=O)[C@@H](C)CC(C)C)C(=O)C(C)=O.CSC. The van der Waals surface area contributed by atoms with Crippen molar-refractivity contribution in [1.29, 1.82) is 0 Å². The summed E-state index contributed by atoms with van der Waals surface area (Å²) in [6.07, 6.45) is 5.30. The van der Waals surface area contributed by atoms with Crippen molar-refractivity contribution in [2.45, 2.75) is 95.0 Å². The summed E-state index contributed by atoms with van der Waals surface area (Å²) >= 11 is 1.75. The van der Waals surface area contributed by atoms with Gasteiger partial charge in [-0.15, -0.1) is 0 Å². The molecule has 2 atom stereocenters. The van der Waals surface area contributed by atoms with Gasteiger partial charge in [-0.3, -0.25) is 14.4 Å². The van der Waals surface area contributed by atoms with Gasteiger partial charge in [0.15, 0.2) is 5.78 Å². The van der Waals surface area contributed by atoms with E-state index < -0.39 is 17.6 Å². The molecule has 0 spiro atoms. The molecule has 0 aromatic heterocycles. The van der Waals surface area contributed by atoms with Gasteiger partial charge >= 0.3 is 0 Å². The van der Waals surface area contributed by atoms with Crippen molar-refractivity contribution in [1.82, 2.24) is 5.32 Å². The van der Waals surface area contributed by atoms with E-state index >= 15 is 0 Å². The molecule has 0 fully saturated rings. The maximum atomic E-state index is 11.8. The summed E-state index contributed by atoms with van der Waals surface area (Å²) in [6, 6.07) is -0.672. The summed E-state index contributed by atoms with van der Waals surface area (Å²) in [5.74, 6) is -0.880. The summed E-state index contributed by atoms with van der Waals surface area (Å²) in [4.78, 5) is 34.3. The number of ketones is 2.